The molecule has 0 aliphatic heterocycles. The fourth-order valence-corrected chi connectivity index (χ4v) is 2.48. The second-order valence-electron chi connectivity index (χ2n) is 5.70. The van der Waals surface area contributed by atoms with Crippen LogP contribution in [-0.4, -0.2) is 61.4 Å². The highest BCUT2D eigenvalue weighted by Crippen LogP contribution is 2.31. The van der Waals surface area contributed by atoms with Crippen LogP contribution >= 0.6 is 0 Å². The zero-order chi connectivity index (χ0) is 17.9. The lowest BCUT2D eigenvalue weighted by atomic mass is 9.79. The predicted molar refractivity (Wildman–Crippen MR) is 80.9 cm³/mol. The molecule has 0 saturated heterocycles. The second-order valence-corrected chi connectivity index (χ2v) is 5.70. The van der Waals surface area contributed by atoms with Gasteiger partial charge in [0.25, 0.3) is 0 Å². The Balaban J connectivity index is 2.03. The van der Waals surface area contributed by atoms with Crippen LogP contribution in [0.4, 0.5) is 0 Å². The van der Waals surface area contributed by atoms with Crippen LogP contribution in [-0.2, 0) is 14.3 Å². The van der Waals surface area contributed by atoms with E-state index in [0.29, 0.717) is 5.56 Å². The molecule has 5 N–H and O–H groups in total. The van der Waals surface area contributed by atoms with Crippen molar-refractivity contribution in [1.29, 1.82) is 0 Å². The van der Waals surface area contributed by atoms with E-state index >= 15 is 0 Å². The molecule has 1 aliphatic carbocycles. The van der Waals surface area contributed by atoms with E-state index < -0.39 is 48.7 Å². The molecule has 1 aliphatic rings. The molecule has 1 aromatic carbocycles. The van der Waals surface area contributed by atoms with Crippen molar-refractivity contribution in [3.63, 3.8) is 0 Å². The molecule has 2 rings (SSSR count). The molecule has 0 aromatic heterocycles. The molecule has 0 radical (unpaired) electrons. The number of aliphatic hydroxyl groups excluding tert-OH is 2. The molecular weight excluding hydrogens is 320 g/mol. The van der Waals surface area contributed by atoms with Gasteiger partial charge < -0.3 is 30.3 Å². The summed E-state index contributed by atoms with van der Waals surface area (Å²) in [5.41, 5.74) is -1.67. The van der Waals surface area contributed by atoms with Crippen molar-refractivity contribution in [2.24, 2.45) is 0 Å². The zero-order valence-electron chi connectivity index (χ0n) is 12.6. The first-order chi connectivity index (χ1) is 11.2. The van der Waals surface area contributed by atoms with Gasteiger partial charge in [-0.1, -0.05) is 12.1 Å². The van der Waals surface area contributed by atoms with Gasteiger partial charge in [0.15, 0.2) is 5.60 Å². The van der Waals surface area contributed by atoms with Gasteiger partial charge in [-0.2, -0.15) is 0 Å². The molecule has 8 heteroatoms. The van der Waals surface area contributed by atoms with Gasteiger partial charge in [0, 0.05) is 18.9 Å². The maximum atomic E-state index is 11.8. The molecule has 0 amide bonds. The Morgan fingerprint density at radius 1 is 1.17 bits per heavy atom. The number of carboxylic acids is 1. The van der Waals surface area contributed by atoms with E-state index in [4.69, 9.17) is 14.9 Å². The number of hydrogen-bond donors (Lipinski definition) is 5. The SMILES string of the molecule is O=C(/C=C/c1ccc(O)cc1)OC1C[C@@](O)(C(=O)O)CC(O)[C@@H]1O. The van der Waals surface area contributed by atoms with Crippen LogP contribution in [0.5, 0.6) is 5.75 Å². The van der Waals surface area contributed by atoms with Crippen molar-refractivity contribution in [3.05, 3.63) is 35.9 Å². The van der Waals surface area contributed by atoms with Crippen molar-refractivity contribution in [1.82, 2.24) is 0 Å². The van der Waals surface area contributed by atoms with Crippen LogP contribution in [0, 0.1) is 0 Å². The summed E-state index contributed by atoms with van der Waals surface area (Å²) in [7, 11) is 0. The smallest absolute Gasteiger partial charge is 0.335 e. The Kier molecular flexibility index (Phi) is 5.23. The Morgan fingerprint density at radius 3 is 2.38 bits per heavy atom. The molecule has 1 saturated carbocycles. The molecule has 0 spiro atoms. The first-order valence-corrected chi connectivity index (χ1v) is 7.21. The number of aliphatic hydroxyl groups is 3. The summed E-state index contributed by atoms with van der Waals surface area (Å²) in [6.45, 7) is 0. The largest absolute Gasteiger partial charge is 0.508 e. The highest BCUT2D eigenvalue weighted by molar-refractivity contribution is 5.87. The maximum absolute atomic E-state index is 11.8. The number of benzene rings is 1. The zero-order valence-corrected chi connectivity index (χ0v) is 12.6. The second kappa shape index (κ2) is 7.00. The minimum atomic E-state index is -2.27. The minimum absolute atomic E-state index is 0.0713. The first kappa shape index (κ1) is 17.9. The highest BCUT2D eigenvalue weighted by atomic mass is 16.6. The van der Waals surface area contributed by atoms with Crippen molar-refractivity contribution >= 4 is 18.0 Å². The summed E-state index contributed by atoms with van der Waals surface area (Å²) >= 11 is 0. The third kappa shape index (κ3) is 4.10. The minimum Gasteiger partial charge on any atom is -0.508 e. The standard InChI is InChI=1S/C16H18O8/c17-10-4-1-9(2-5-10)3-6-13(19)24-12-8-16(23,15(21)22)7-11(18)14(12)20/h1-6,11-12,14,17-18,20,23H,7-8H2,(H,21,22)/b6-3+/t11?,12?,14-,16+/m0/s1. The van der Waals surface area contributed by atoms with E-state index in [2.05, 4.69) is 0 Å². The molecule has 8 nitrogen and oxygen atoms in total. The van der Waals surface area contributed by atoms with Gasteiger partial charge in [-0.05, 0) is 23.8 Å². The number of rotatable bonds is 4. The summed E-state index contributed by atoms with van der Waals surface area (Å²) in [5.74, 6) is -2.36. The lowest BCUT2D eigenvalue weighted by Gasteiger charge is -2.39. The normalized spacial score (nSPS) is 30.2. The van der Waals surface area contributed by atoms with E-state index in [1.807, 2.05) is 0 Å². The topological polar surface area (TPSA) is 145 Å². The van der Waals surface area contributed by atoms with E-state index in [0.717, 1.165) is 6.08 Å². The fraction of sp³-hybridized carbons (Fsp3) is 0.375. The summed E-state index contributed by atoms with van der Waals surface area (Å²) < 4.78 is 4.96. The molecule has 1 aromatic rings. The van der Waals surface area contributed by atoms with Gasteiger partial charge in [0.2, 0.25) is 0 Å². The van der Waals surface area contributed by atoms with Gasteiger partial charge >= 0.3 is 11.9 Å². The van der Waals surface area contributed by atoms with Crippen LogP contribution in [0.25, 0.3) is 6.08 Å². The highest BCUT2D eigenvalue weighted by Gasteiger charge is 2.50. The average Bonchev–Trinajstić information content (AvgIpc) is 2.51. The molecule has 130 valence electrons. The molecular formula is C16H18O8. The van der Waals surface area contributed by atoms with Gasteiger partial charge in [-0.3, -0.25) is 0 Å². The Morgan fingerprint density at radius 2 is 1.79 bits per heavy atom. The average molecular weight is 338 g/mol. The number of carbonyl (C=O) groups excluding carboxylic acids is 1. The number of esters is 1. The van der Waals surface area contributed by atoms with Crippen molar-refractivity contribution < 1.29 is 39.9 Å². The van der Waals surface area contributed by atoms with E-state index in [9.17, 15) is 24.9 Å². The number of phenols is 1. The van der Waals surface area contributed by atoms with Crippen LogP contribution in [0.1, 0.15) is 18.4 Å². The third-order valence-corrected chi connectivity index (χ3v) is 3.83. The summed E-state index contributed by atoms with van der Waals surface area (Å²) in [6.07, 6.45) is -3.00. The Hall–Kier alpha value is -2.42. The monoisotopic (exact) mass is 338 g/mol. The van der Waals surface area contributed by atoms with Gasteiger partial charge in [0.05, 0.1) is 6.10 Å². The summed E-state index contributed by atoms with van der Waals surface area (Å²) in [6, 6.07) is 5.97. The van der Waals surface area contributed by atoms with Crippen LogP contribution in [0.15, 0.2) is 30.3 Å². The predicted octanol–water partition coefficient (Wildman–Crippen LogP) is -0.352. The van der Waals surface area contributed by atoms with E-state index in [-0.39, 0.29) is 5.75 Å². The number of carbonyl (C=O) groups is 2. The number of carboxylic acid groups (broad SMARTS) is 1. The number of aromatic hydroxyl groups is 1. The Bertz CT molecular complexity index is 638. The van der Waals surface area contributed by atoms with Crippen LogP contribution < -0.4 is 0 Å². The van der Waals surface area contributed by atoms with Crippen LogP contribution in [0.2, 0.25) is 0 Å². The lowest BCUT2D eigenvalue weighted by molar-refractivity contribution is -0.196. The number of ether oxygens (including phenoxy) is 1. The quantitative estimate of drug-likeness (QED) is 0.370. The maximum Gasteiger partial charge on any atom is 0.335 e. The molecule has 0 bridgehead atoms. The van der Waals surface area contributed by atoms with Gasteiger partial charge in [0.1, 0.15) is 18.0 Å². The number of phenolic OH excluding ortho intramolecular Hbond substituents is 1. The number of aliphatic carboxylic acids is 1. The summed E-state index contributed by atoms with van der Waals surface area (Å²) in [5, 5.41) is 47.6. The summed E-state index contributed by atoms with van der Waals surface area (Å²) in [4.78, 5) is 22.9. The third-order valence-electron chi connectivity index (χ3n) is 3.83. The van der Waals surface area contributed by atoms with Crippen LogP contribution in [0.3, 0.4) is 0 Å². The van der Waals surface area contributed by atoms with Crippen molar-refractivity contribution in [2.75, 3.05) is 0 Å². The molecule has 0 heterocycles. The molecule has 24 heavy (non-hydrogen) atoms. The van der Waals surface area contributed by atoms with E-state index in [1.165, 1.54) is 18.2 Å². The number of hydrogen-bond acceptors (Lipinski definition) is 7. The molecule has 2 unspecified atom stereocenters. The van der Waals surface area contributed by atoms with Gasteiger partial charge in [-0.25, -0.2) is 9.59 Å². The van der Waals surface area contributed by atoms with Crippen molar-refractivity contribution in [3.8, 4) is 5.75 Å². The van der Waals surface area contributed by atoms with Crippen molar-refractivity contribution in [2.45, 2.75) is 36.8 Å². The van der Waals surface area contributed by atoms with Gasteiger partial charge in [-0.15, -0.1) is 0 Å². The van der Waals surface area contributed by atoms with E-state index in [1.54, 1.807) is 12.1 Å². The Labute approximate surface area is 137 Å². The molecule has 1 fully saturated rings. The molecule has 4 atom stereocenters. The lowest BCUT2D eigenvalue weighted by Crippen LogP contribution is -2.57. The fourth-order valence-electron chi connectivity index (χ4n) is 2.48. The first-order valence-electron chi connectivity index (χ1n) is 7.21.